The van der Waals surface area contributed by atoms with Crippen molar-refractivity contribution in [2.24, 2.45) is 0 Å². The first kappa shape index (κ1) is 16.9. The first-order valence-corrected chi connectivity index (χ1v) is 5.65. The Morgan fingerprint density at radius 1 is 1.17 bits per heavy atom. The van der Waals surface area contributed by atoms with Gasteiger partial charge in [-0.2, -0.15) is 13.2 Å². The number of Topliss-reactive ketones (excluding diaryl/α,β-unsaturated/α-hetero) is 1. The fourth-order valence-electron chi connectivity index (χ4n) is 1.56. The Morgan fingerprint density at radius 2 is 1.72 bits per heavy atom. The summed E-state index contributed by atoms with van der Waals surface area (Å²) < 4.78 is 38.0. The van der Waals surface area contributed by atoms with E-state index < -0.39 is 42.8 Å². The SMILES string of the molecule is CCCCCC(O)(CC(=O)CC(=O)O)C(F)(F)F. The fourth-order valence-corrected chi connectivity index (χ4v) is 1.56. The maximum Gasteiger partial charge on any atom is 0.417 e. The molecule has 0 fully saturated rings. The maximum atomic E-state index is 12.7. The van der Waals surface area contributed by atoms with Crippen LogP contribution in [0.25, 0.3) is 0 Å². The molecule has 0 saturated carbocycles. The summed E-state index contributed by atoms with van der Waals surface area (Å²) in [4.78, 5) is 21.3. The molecule has 0 bridgehead atoms. The van der Waals surface area contributed by atoms with Gasteiger partial charge in [-0.1, -0.05) is 26.2 Å². The van der Waals surface area contributed by atoms with E-state index in [-0.39, 0.29) is 6.42 Å². The van der Waals surface area contributed by atoms with E-state index in [1.54, 1.807) is 6.92 Å². The van der Waals surface area contributed by atoms with Crippen LogP contribution in [0.5, 0.6) is 0 Å². The second-order valence-electron chi connectivity index (χ2n) is 4.27. The average Bonchev–Trinajstić information content (AvgIpc) is 2.14. The molecule has 106 valence electrons. The molecule has 0 aliphatic rings. The molecule has 1 unspecified atom stereocenters. The molecular formula is C11H17F3O4. The van der Waals surface area contributed by atoms with Crippen LogP contribution in [-0.2, 0) is 9.59 Å². The molecule has 4 nitrogen and oxygen atoms in total. The third-order valence-electron chi connectivity index (χ3n) is 2.56. The van der Waals surface area contributed by atoms with Crippen molar-refractivity contribution in [1.29, 1.82) is 0 Å². The van der Waals surface area contributed by atoms with Gasteiger partial charge in [-0.3, -0.25) is 9.59 Å². The van der Waals surface area contributed by atoms with E-state index in [2.05, 4.69) is 0 Å². The molecule has 7 heteroatoms. The van der Waals surface area contributed by atoms with Crippen LogP contribution < -0.4 is 0 Å². The molecule has 0 radical (unpaired) electrons. The van der Waals surface area contributed by atoms with E-state index in [0.717, 1.165) is 0 Å². The number of carboxylic acid groups (broad SMARTS) is 1. The number of alkyl halides is 3. The summed E-state index contributed by atoms with van der Waals surface area (Å²) in [5, 5.41) is 17.8. The summed E-state index contributed by atoms with van der Waals surface area (Å²) in [5.74, 6) is -2.63. The van der Waals surface area contributed by atoms with Gasteiger partial charge in [-0.25, -0.2) is 0 Å². The van der Waals surface area contributed by atoms with E-state index in [0.29, 0.717) is 12.8 Å². The minimum atomic E-state index is -4.94. The summed E-state index contributed by atoms with van der Waals surface area (Å²) in [6, 6.07) is 0. The Bertz CT molecular complexity index is 301. The quantitative estimate of drug-likeness (QED) is 0.524. The normalized spacial score (nSPS) is 15.2. The molecule has 0 saturated heterocycles. The van der Waals surface area contributed by atoms with Crippen molar-refractivity contribution >= 4 is 11.8 Å². The summed E-state index contributed by atoms with van der Waals surface area (Å²) in [6.07, 6.45) is -6.42. The second-order valence-corrected chi connectivity index (χ2v) is 4.27. The minimum Gasteiger partial charge on any atom is -0.481 e. The molecule has 0 amide bonds. The van der Waals surface area contributed by atoms with Gasteiger partial charge < -0.3 is 10.2 Å². The van der Waals surface area contributed by atoms with Crippen molar-refractivity contribution < 1.29 is 33.0 Å². The number of hydrogen-bond acceptors (Lipinski definition) is 3. The van der Waals surface area contributed by atoms with Crippen LogP contribution in [0.4, 0.5) is 13.2 Å². The topological polar surface area (TPSA) is 74.6 Å². The molecular weight excluding hydrogens is 253 g/mol. The lowest BCUT2D eigenvalue weighted by Crippen LogP contribution is -2.47. The Morgan fingerprint density at radius 3 is 2.11 bits per heavy atom. The highest BCUT2D eigenvalue weighted by atomic mass is 19.4. The third kappa shape index (κ3) is 5.48. The van der Waals surface area contributed by atoms with Crippen LogP contribution in [0.3, 0.4) is 0 Å². The lowest BCUT2D eigenvalue weighted by molar-refractivity contribution is -0.263. The maximum absolute atomic E-state index is 12.7. The van der Waals surface area contributed by atoms with Crippen molar-refractivity contribution in [3.05, 3.63) is 0 Å². The van der Waals surface area contributed by atoms with Crippen molar-refractivity contribution in [1.82, 2.24) is 0 Å². The lowest BCUT2D eigenvalue weighted by Gasteiger charge is -2.29. The standard InChI is InChI=1S/C11H17F3O4/c1-2-3-4-5-10(18,11(12,13)14)7-8(15)6-9(16)17/h18H,2-7H2,1H3,(H,16,17). The van der Waals surface area contributed by atoms with Gasteiger partial charge in [0.25, 0.3) is 0 Å². The molecule has 0 aliphatic heterocycles. The number of aliphatic carboxylic acids is 1. The van der Waals surface area contributed by atoms with Crippen LogP contribution >= 0.6 is 0 Å². The molecule has 0 aromatic rings. The summed E-state index contributed by atoms with van der Waals surface area (Å²) >= 11 is 0. The minimum absolute atomic E-state index is 0.132. The van der Waals surface area contributed by atoms with E-state index >= 15 is 0 Å². The highest BCUT2D eigenvalue weighted by Crippen LogP contribution is 2.37. The van der Waals surface area contributed by atoms with Gasteiger partial charge in [0, 0.05) is 6.42 Å². The van der Waals surface area contributed by atoms with Crippen LogP contribution in [0, 0.1) is 0 Å². The number of aliphatic hydroxyl groups is 1. The predicted molar refractivity (Wildman–Crippen MR) is 57.0 cm³/mol. The predicted octanol–water partition coefficient (Wildman–Crippen LogP) is 2.29. The van der Waals surface area contributed by atoms with Gasteiger partial charge in [-0.15, -0.1) is 0 Å². The summed E-state index contributed by atoms with van der Waals surface area (Å²) in [7, 11) is 0. The summed E-state index contributed by atoms with van der Waals surface area (Å²) in [6.45, 7) is 1.79. The molecule has 0 aromatic heterocycles. The number of unbranched alkanes of at least 4 members (excludes halogenated alkanes) is 2. The number of carbonyl (C=O) groups is 2. The van der Waals surface area contributed by atoms with Crippen molar-refractivity contribution in [2.45, 2.75) is 57.2 Å². The first-order valence-electron chi connectivity index (χ1n) is 5.65. The fraction of sp³-hybridized carbons (Fsp3) is 0.818. The van der Waals surface area contributed by atoms with Crippen LogP contribution in [0.1, 0.15) is 45.4 Å². The van der Waals surface area contributed by atoms with Crippen LogP contribution in [0.2, 0.25) is 0 Å². The van der Waals surface area contributed by atoms with Crippen molar-refractivity contribution in [3.8, 4) is 0 Å². The zero-order chi connectivity index (χ0) is 14.4. The first-order chi connectivity index (χ1) is 8.12. The number of carbonyl (C=O) groups excluding carboxylic acids is 1. The molecule has 18 heavy (non-hydrogen) atoms. The van der Waals surface area contributed by atoms with Gasteiger partial charge in [0.2, 0.25) is 0 Å². The number of ketones is 1. The Balaban J connectivity index is 4.67. The highest BCUT2D eigenvalue weighted by molar-refractivity contribution is 5.95. The Kier molecular flexibility index (Phi) is 6.31. The summed E-state index contributed by atoms with van der Waals surface area (Å²) in [5.41, 5.74) is -3.12. The monoisotopic (exact) mass is 270 g/mol. The van der Waals surface area contributed by atoms with Crippen molar-refractivity contribution in [3.63, 3.8) is 0 Å². The van der Waals surface area contributed by atoms with Gasteiger partial charge in [0.1, 0.15) is 12.2 Å². The molecule has 2 N–H and O–H groups in total. The van der Waals surface area contributed by atoms with Crippen LogP contribution in [0.15, 0.2) is 0 Å². The molecule has 0 rings (SSSR count). The Hall–Kier alpha value is -1.11. The smallest absolute Gasteiger partial charge is 0.417 e. The van der Waals surface area contributed by atoms with E-state index in [9.17, 15) is 27.9 Å². The van der Waals surface area contributed by atoms with Gasteiger partial charge >= 0.3 is 12.1 Å². The zero-order valence-corrected chi connectivity index (χ0v) is 10.1. The Labute approximate surface area is 103 Å². The van der Waals surface area contributed by atoms with E-state index in [1.165, 1.54) is 0 Å². The van der Waals surface area contributed by atoms with Gasteiger partial charge in [0.05, 0.1) is 0 Å². The number of hydrogen-bond donors (Lipinski definition) is 2. The van der Waals surface area contributed by atoms with Crippen LogP contribution in [-0.4, -0.2) is 33.7 Å². The number of carboxylic acids is 1. The molecule has 0 heterocycles. The number of halogens is 3. The highest BCUT2D eigenvalue weighted by Gasteiger charge is 2.53. The number of rotatable bonds is 8. The second kappa shape index (κ2) is 6.72. The molecule has 1 atom stereocenters. The van der Waals surface area contributed by atoms with Crippen molar-refractivity contribution in [2.75, 3.05) is 0 Å². The molecule has 0 aliphatic carbocycles. The largest absolute Gasteiger partial charge is 0.481 e. The third-order valence-corrected chi connectivity index (χ3v) is 2.56. The molecule has 0 aromatic carbocycles. The average molecular weight is 270 g/mol. The zero-order valence-electron chi connectivity index (χ0n) is 10.1. The van der Waals surface area contributed by atoms with E-state index in [1.807, 2.05) is 0 Å². The molecule has 0 spiro atoms. The lowest BCUT2D eigenvalue weighted by atomic mass is 9.89. The van der Waals surface area contributed by atoms with E-state index in [4.69, 9.17) is 5.11 Å². The van der Waals surface area contributed by atoms with Gasteiger partial charge in [0.15, 0.2) is 5.60 Å². The van der Waals surface area contributed by atoms with Gasteiger partial charge in [-0.05, 0) is 6.42 Å².